The quantitative estimate of drug-likeness (QED) is 0.734. The molecule has 1 aliphatic carbocycles. The summed E-state index contributed by atoms with van der Waals surface area (Å²) in [4.78, 5) is 7.20. The van der Waals surface area contributed by atoms with E-state index in [1.54, 1.807) is 11.9 Å². The van der Waals surface area contributed by atoms with Crippen LogP contribution in [-0.2, 0) is 6.42 Å². The first-order valence-electron chi connectivity index (χ1n) is 5.97. The lowest BCUT2D eigenvalue weighted by Gasteiger charge is -2.19. The predicted octanol–water partition coefficient (Wildman–Crippen LogP) is 3.72. The van der Waals surface area contributed by atoms with Gasteiger partial charge in [0.2, 0.25) is 0 Å². The van der Waals surface area contributed by atoms with Gasteiger partial charge in [0.15, 0.2) is 0 Å². The molecule has 0 aromatic carbocycles. The number of hydrogen-bond donors (Lipinski definition) is 1. The normalized spacial score (nSPS) is 20.2. The van der Waals surface area contributed by atoms with E-state index >= 15 is 0 Å². The van der Waals surface area contributed by atoms with Crippen LogP contribution in [0.4, 0.5) is 0 Å². The summed E-state index contributed by atoms with van der Waals surface area (Å²) in [6.45, 7) is 6.23. The third kappa shape index (κ3) is 3.90. The van der Waals surface area contributed by atoms with Gasteiger partial charge in [-0.1, -0.05) is 25.5 Å². The molecule has 1 unspecified atom stereocenters. The topological polar surface area (TPSA) is 28.7 Å². The van der Waals surface area contributed by atoms with Crippen LogP contribution in [0, 0.1) is 5.92 Å². The van der Waals surface area contributed by atoms with Crippen molar-refractivity contribution in [1.29, 1.82) is 0 Å². The number of imidazole rings is 1. The van der Waals surface area contributed by atoms with E-state index in [1.807, 2.05) is 20.0 Å². The second kappa shape index (κ2) is 6.44. The van der Waals surface area contributed by atoms with E-state index in [1.165, 1.54) is 25.0 Å². The van der Waals surface area contributed by atoms with Crippen molar-refractivity contribution in [2.45, 2.75) is 46.5 Å². The van der Waals surface area contributed by atoms with Crippen molar-refractivity contribution in [3.8, 4) is 0 Å². The van der Waals surface area contributed by atoms with Gasteiger partial charge >= 0.3 is 0 Å². The number of nitrogens with one attached hydrogen (secondary N) is 1. The number of allylic oxidation sites excluding steroid dienone is 2. The van der Waals surface area contributed by atoms with Crippen LogP contribution in [0.1, 0.15) is 45.7 Å². The highest BCUT2D eigenvalue weighted by Gasteiger charge is 2.13. The summed E-state index contributed by atoms with van der Waals surface area (Å²) in [6.07, 6.45) is 11.1. The van der Waals surface area contributed by atoms with Crippen LogP contribution < -0.4 is 0 Å². The Morgan fingerprint density at radius 1 is 1.47 bits per heavy atom. The summed E-state index contributed by atoms with van der Waals surface area (Å²) in [5.41, 5.74) is 2.83. The molecule has 2 rings (SSSR count). The molecule has 1 aromatic rings. The number of hydrogen-bond acceptors (Lipinski definition) is 1. The molecular formula is C13H22N2. The van der Waals surface area contributed by atoms with Crippen LogP contribution in [0.3, 0.4) is 0 Å². The molecule has 1 aromatic heterocycles. The molecule has 0 aliphatic heterocycles. The maximum Gasteiger partial charge on any atom is 0.0921 e. The molecule has 84 valence electrons. The summed E-state index contributed by atoms with van der Waals surface area (Å²) in [5, 5.41) is 0. The van der Waals surface area contributed by atoms with Crippen molar-refractivity contribution in [3.63, 3.8) is 0 Å². The summed E-state index contributed by atoms with van der Waals surface area (Å²) >= 11 is 0. The first-order chi connectivity index (χ1) is 7.34. The fourth-order valence-corrected chi connectivity index (χ4v) is 1.91. The van der Waals surface area contributed by atoms with E-state index in [9.17, 15) is 0 Å². The zero-order chi connectivity index (χ0) is 11.1. The Morgan fingerprint density at radius 2 is 2.27 bits per heavy atom. The van der Waals surface area contributed by atoms with Gasteiger partial charge in [0, 0.05) is 11.9 Å². The predicted molar refractivity (Wildman–Crippen MR) is 64.7 cm³/mol. The SMILES string of the molecule is CC.CC1=CCC(Cc2cnc[nH]2)CC1. The molecule has 0 saturated heterocycles. The molecule has 0 saturated carbocycles. The third-order valence-electron chi connectivity index (χ3n) is 2.81. The smallest absolute Gasteiger partial charge is 0.0921 e. The van der Waals surface area contributed by atoms with Crippen LogP contribution in [0.25, 0.3) is 0 Å². The van der Waals surface area contributed by atoms with Gasteiger partial charge in [-0.05, 0) is 38.5 Å². The zero-order valence-corrected chi connectivity index (χ0v) is 10.1. The highest BCUT2D eigenvalue weighted by Crippen LogP contribution is 2.25. The molecule has 1 N–H and O–H groups in total. The third-order valence-corrected chi connectivity index (χ3v) is 2.81. The maximum atomic E-state index is 4.03. The maximum absolute atomic E-state index is 4.03. The highest BCUT2D eigenvalue weighted by atomic mass is 14.9. The summed E-state index contributed by atoms with van der Waals surface area (Å²) in [5.74, 6) is 0.823. The van der Waals surface area contributed by atoms with E-state index in [4.69, 9.17) is 0 Å². The second-order valence-electron chi connectivity index (χ2n) is 3.97. The Bertz CT molecular complexity index is 285. The Hall–Kier alpha value is -1.05. The van der Waals surface area contributed by atoms with Crippen molar-refractivity contribution in [2.24, 2.45) is 5.92 Å². The molecular weight excluding hydrogens is 184 g/mol. The van der Waals surface area contributed by atoms with Gasteiger partial charge in [0.25, 0.3) is 0 Å². The first-order valence-corrected chi connectivity index (χ1v) is 5.97. The molecule has 0 radical (unpaired) electrons. The van der Waals surface area contributed by atoms with Crippen LogP contribution in [-0.4, -0.2) is 9.97 Å². The molecule has 1 heterocycles. The lowest BCUT2D eigenvalue weighted by molar-refractivity contribution is 0.463. The molecule has 0 spiro atoms. The van der Waals surface area contributed by atoms with E-state index in [2.05, 4.69) is 23.0 Å². The molecule has 1 atom stereocenters. The Kier molecular flexibility index (Phi) is 5.16. The Labute approximate surface area is 92.8 Å². The minimum Gasteiger partial charge on any atom is -0.348 e. The van der Waals surface area contributed by atoms with Crippen LogP contribution in [0.5, 0.6) is 0 Å². The molecule has 0 fully saturated rings. The van der Waals surface area contributed by atoms with Crippen molar-refractivity contribution in [3.05, 3.63) is 29.9 Å². The van der Waals surface area contributed by atoms with E-state index in [0.717, 1.165) is 12.3 Å². The van der Waals surface area contributed by atoms with Crippen molar-refractivity contribution < 1.29 is 0 Å². The molecule has 0 bridgehead atoms. The molecule has 0 amide bonds. The van der Waals surface area contributed by atoms with Gasteiger partial charge in [0.05, 0.1) is 6.33 Å². The number of aromatic nitrogens is 2. The van der Waals surface area contributed by atoms with Crippen molar-refractivity contribution in [2.75, 3.05) is 0 Å². The van der Waals surface area contributed by atoms with Crippen molar-refractivity contribution in [1.82, 2.24) is 9.97 Å². The number of nitrogens with zero attached hydrogens (tertiary/aromatic N) is 1. The monoisotopic (exact) mass is 206 g/mol. The highest BCUT2D eigenvalue weighted by molar-refractivity contribution is 5.05. The van der Waals surface area contributed by atoms with Gasteiger partial charge in [-0.15, -0.1) is 0 Å². The molecule has 1 aliphatic rings. The molecule has 2 heteroatoms. The molecule has 15 heavy (non-hydrogen) atoms. The minimum atomic E-state index is 0.823. The lowest BCUT2D eigenvalue weighted by Crippen LogP contribution is -2.08. The molecule has 2 nitrogen and oxygen atoms in total. The van der Waals surface area contributed by atoms with Crippen LogP contribution in [0.15, 0.2) is 24.2 Å². The standard InChI is InChI=1S/C11H16N2.C2H6/c1-9-2-4-10(5-3-9)6-11-7-12-8-13-11;1-2/h2,7-8,10H,3-6H2,1H3,(H,12,13);1-2H3. The zero-order valence-electron chi connectivity index (χ0n) is 10.1. The fourth-order valence-electron chi connectivity index (χ4n) is 1.91. The summed E-state index contributed by atoms with van der Waals surface area (Å²) in [7, 11) is 0. The van der Waals surface area contributed by atoms with Gasteiger partial charge < -0.3 is 4.98 Å². The van der Waals surface area contributed by atoms with Gasteiger partial charge in [-0.2, -0.15) is 0 Å². The summed E-state index contributed by atoms with van der Waals surface area (Å²) < 4.78 is 0. The Morgan fingerprint density at radius 3 is 2.80 bits per heavy atom. The van der Waals surface area contributed by atoms with Crippen LogP contribution >= 0.6 is 0 Å². The average molecular weight is 206 g/mol. The minimum absolute atomic E-state index is 0.823. The number of H-pyrrole nitrogens is 1. The Balaban J connectivity index is 0.000000531. The van der Waals surface area contributed by atoms with Gasteiger partial charge in [-0.3, -0.25) is 0 Å². The number of aromatic amines is 1. The number of rotatable bonds is 2. The van der Waals surface area contributed by atoms with Gasteiger partial charge in [0.1, 0.15) is 0 Å². The van der Waals surface area contributed by atoms with Crippen LogP contribution in [0.2, 0.25) is 0 Å². The van der Waals surface area contributed by atoms with Gasteiger partial charge in [-0.25, -0.2) is 4.98 Å². The fraction of sp³-hybridized carbons (Fsp3) is 0.615. The van der Waals surface area contributed by atoms with E-state index in [0.29, 0.717) is 0 Å². The largest absolute Gasteiger partial charge is 0.348 e. The van der Waals surface area contributed by atoms with E-state index < -0.39 is 0 Å². The van der Waals surface area contributed by atoms with Crippen molar-refractivity contribution >= 4 is 0 Å². The lowest BCUT2D eigenvalue weighted by atomic mass is 9.87. The second-order valence-corrected chi connectivity index (χ2v) is 3.97. The summed E-state index contributed by atoms with van der Waals surface area (Å²) in [6, 6.07) is 0. The van der Waals surface area contributed by atoms with E-state index in [-0.39, 0.29) is 0 Å². The average Bonchev–Trinajstić information content (AvgIpc) is 2.77. The first kappa shape index (κ1) is 12.0.